The predicted octanol–water partition coefficient (Wildman–Crippen LogP) is 2.01. The molecule has 0 atom stereocenters. The standard InChI is InChI=1S/C13H17N3O2/c1-13(2,12(17)14-3)8-16-11-9-5-7-18-10(9)4-6-15-11/h4-7H,8H2,1-3H3,(H,14,17)(H,15,16). The number of aromatic nitrogens is 1. The molecule has 0 fully saturated rings. The molecule has 0 radical (unpaired) electrons. The van der Waals surface area contributed by atoms with Crippen LogP contribution in [0.4, 0.5) is 5.82 Å². The van der Waals surface area contributed by atoms with Gasteiger partial charge in [-0.1, -0.05) is 0 Å². The molecular formula is C13H17N3O2. The molecule has 2 rings (SSSR count). The number of nitrogens with one attached hydrogen (secondary N) is 2. The van der Waals surface area contributed by atoms with Gasteiger partial charge >= 0.3 is 0 Å². The first-order valence-corrected chi connectivity index (χ1v) is 5.83. The third kappa shape index (κ3) is 2.30. The van der Waals surface area contributed by atoms with Crippen molar-refractivity contribution in [3.63, 3.8) is 0 Å². The molecule has 2 heterocycles. The van der Waals surface area contributed by atoms with Crippen molar-refractivity contribution < 1.29 is 9.21 Å². The van der Waals surface area contributed by atoms with Gasteiger partial charge in [0.25, 0.3) is 0 Å². The highest BCUT2D eigenvalue weighted by Crippen LogP contribution is 2.23. The van der Waals surface area contributed by atoms with Gasteiger partial charge in [-0.2, -0.15) is 0 Å². The zero-order valence-corrected chi connectivity index (χ0v) is 10.8. The molecule has 2 aromatic rings. The summed E-state index contributed by atoms with van der Waals surface area (Å²) in [6.45, 7) is 4.27. The van der Waals surface area contributed by atoms with Gasteiger partial charge in [0.2, 0.25) is 5.91 Å². The van der Waals surface area contributed by atoms with Crippen LogP contribution in [0.15, 0.2) is 29.0 Å². The minimum absolute atomic E-state index is 0.00521. The molecule has 0 aliphatic rings. The summed E-state index contributed by atoms with van der Waals surface area (Å²) in [5.74, 6) is 0.729. The first-order valence-electron chi connectivity index (χ1n) is 5.83. The van der Waals surface area contributed by atoms with Crippen molar-refractivity contribution in [2.75, 3.05) is 18.9 Å². The third-order valence-electron chi connectivity index (χ3n) is 2.92. The largest absolute Gasteiger partial charge is 0.464 e. The van der Waals surface area contributed by atoms with Crippen LogP contribution in [0.5, 0.6) is 0 Å². The Morgan fingerprint density at radius 2 is 2.22 bits per heavy atom. The quantitative estimate of drug-likeness (QED) is 0.867. The molecule has 2 aromatic heterocycles. The number of hydrogen-bond acceptors (Lipinski definition) is 4. The Labute approximate surface area is 106 Å². The van der Waals surface area contributed by atoms with Crippen molar-refractivity contribution in [1.29, 1.82) is 0 Å². The fourth-order valence-electron chi connectivity index (χ4n) is 1.76. The SMILES string of the molecule is CNC(=O)C(C)(C)CNc1nccc2occc12. The smallest absolute Gasteiger partial charge is 0.227 e. The van der Waals surface area contributed by atoms with E-state index in [9.17, 15) is 4.79 Å². The van der Waals surface area contributed by atoms with Crippen molar-refractivity contribution in [2.24, 2.45) is 5.41 Å². The molecule has 18 heavy (non-hydrogen) atoms. The Kier molecular flexibility index (Phi) is 3.23. The van der Waals surface area contributed by atoms with Gasteiger partial charge in [0.1, 0.15) is 11.4 Å². The Morgan fingerprint density at radius 3 is 2.94 bits per heavy atom. The second-order valence-corrected chi connectivity index (χ2v) is 4.81. The Hall–Kier alpha value is -2.04. The number of anilines is 1. The van der Waals surface area contributed by atoms with Crippen LogP contribution in [0.25, 0.3) is 11.0 Å². The first-order chi connectivity index (χ1) is 8.54. The topological polar surface area (TPSA) is 67.2 Å². The number of nitrogens with zero attached hydrogens (tertiary/aromatic N) is 1. The summed E-state index contributed by atoms with van der Waals surface area (Å²) in [5, 5.41) is 6.77. The normalized spacial score (nSPS) is 11.5. The van der Waals surface area contributed by atoms with E-state index < -0.39 is 5.41 Å². The van der Waals surface area contributed by atoms with Crippen LogP contribution < -0.4 is 10.6 Å². The van der Waals surface area contributed by atoms with Gasteiger partial charge in [-0.15, -0.1) is 0 Å². The minimum atomic E-state index is -0.498. The highest BCUT2D eigenvalue weighted by atomic mass is 16.3. The zero-order valence-electron chi connectivity index (χ0n) is 10.8. The monoisotopic (exact) mass is 247 g/mol. The Bertz CT molecular complexity index is 560. The average Bonchev–Trinajstić information content (AvgIpc) is 2.84. The van der Waals surface area contributed by atoms with Gasteiger partial charge in [-0.25, -0.2) is 4.98 Å². The fraction of sp³-hybridized carbons (Fsp3) is 0.385. The van der Waals surface area contributed by atoms with E-state index in [4.69, 9.17) is 4.42 Å². The highest BCUT2D eigenvalue weighted by molar-refractivity contribution is 5.88. The molecule has 0 saturated heterocycles. The van der Waals surface area contributed by atoms with Gasteiger partial charge < -0.3 is 15.1 Å². The van der Waals surface area contributed by atoms with E-state index >= 15 is 0 Å². The minimum Gasteiger partial charge on any atom is -0.464 e. The second kappa shape index (κ2) is 4.68. The maximum atomic E-state index is 11.7. The summed E-state index contributed by atoms with van der Waals surface area (Å²) < 4.78 is 5.30. The molecule has 0 aromatic carbocycles. The fourth-order valence-corrected chi connectivity index (χ4v) is 1.76. The molecule has 0 unspecified atom stereocenters. The van der Waals surface area contributed by atoms with Crippen LogP contribution in [0, 0.1) is 5.41 Å². The first kappa shape index (κ1) is 12.4. The van der Waals surface area contributed by atoms with Crippen LogP contribution in [0.3, 0.4) is 0 Å². The molecular weight excluding hydrogens is 230 g/mol. The number of hydrogen-bond donors (Lipinski definition) is 2. The van der Waals surface area contributed by atoms with Crippen molar-refractivity contribution in [3.05, 3.63) is 24.6 Å². The Morgan fingerprint density at radius 1 is 1.44 bits per heavy atom. The summed E-state index contributed by atoms with van der Waals surface area (Å²) >= 11 is 0. The van der Waals surface area contributed by atoms with Crippen LogP contribution in [-0.2, 0) is 4.79 Å². The van der Waals surface area contributed by atoms with Crippen LogP contribution in [0.2, 0.25) is 0 Å². The van der Waals surface area contributed by atoms with Gasteiger partial charge in [-0.05, 0) is 26.0 Å². The number of rotatable bonds is 4. The van der Waals surface area contributed by atoms with Crippen LogP contribution >= 0.6 is 0 Å². The number of furan rings is 1. The molecule has 0 aliphatic carbocycles. The summed E-state index contributed by atoms with van der Waals surface area (Å²) in [7, 11) is 1.64. The summed E-state index contributed by atoms with van der Waals surface area (Å²) in [6, 6.07) is 3.67. The summed E-state index contributed by atoms with van der Waals surface area (Å²) in [6.07, 6.45) is 3.31. The molecule has 0 saturated carbocycles. The van der Waals surface area contributed by atoms with E-state index in [-0.39, 0.29) is 5.91 Å². The maximum Gasteiger partial charge on any atom is 0.227 e. The molecule has 0 aliphatic heterocycles. The lowest BCUT2D eigenvalue weighted by Crippen LogP contribution is -2.39. The van der Waals surface area contributed by atoms with Gasteiger partial charge in [0, 0.05) is 19.8 Å². The lowest BCUT2D eigenvalue weighted by Gasteiger charge is -2.23. The average molecular weight is 247 g/mol. The van der Waals surface area contributed by atoms with Gasteiger partial charge in [0.05, 0.1) is 17.1 Å². The third-order valence-corrected chi connectivity index (χ3v) is 2.92. The van der Waals surface area contributed by atoms with Gasteiger partial charge in [-0.3, -0.25) is 4.79 Å². The molecule has 1 amide bonds. The number of amides is 1. The zero-order chi connectivity index (χ0) is 13.2. The number of carbonyl (C=O) groups is 1. The second-order valence-electron chi connectivity index (χ2n) is 4.81. The van der Waals surface area contributed by atoms with Crippen molar-refractivity contribution >= 4 is 22.7 Å². The lowest BCUT2D eigenvalue weighted by molar-refractivity contribution is -0.128. The molecule has 2 N–H and O–H groups in total. The van der Waals surface area contributed by atoms with Crippen molar-refractivity contribution in [1.82, 2.24) is 10.3 Å². The van der Waals surface area contributed by atoms with E-state index in [1.54, 1.807) is 19.5 Å². The molecule has 0 bridgehead atoms. The molecule has 5 heteroatoms. The van der Waals surface area contributed by atoms with Crippen molar-refractivity contribution in [3.8, 4) is 0 Å². The maximum absolute atomic E-state index is 11.7. The van der Waals surface area contributed by atoms with Crippen LogP contribution in [0.1, 0.15) is 13.8 Å². The summed E-state index contributed by atoms with van der Waals surface area (Å²) in [5.41, 5.74) is 0.285. The number of carbonyl (C=O) groups excluding carboxylic acids is 1. The molecule has 5 nitrogen and oxygen atoms in total. The van der Waals surface area contributed by atoms with Crippen LogP contribution in [-0.4, -0.2) is 24.5 Å². The van der Waals surface area contributed by atoms with Gasteiger partial charge in [0.15, 0.2) is 0 Å². The predicted molar refractivity (Wildman–Crippen MR) is 70.3 cm³/mol. The van der Waals surface area contributed by atoms with E-state index in [1.807, 2.05) is 26.0 Å². The van der Waals surface area contributed by atoms with E-state index in [0.717, 1.165) is 16.8 Å². The highest BCUT2D eigenvalue weighted by Gasteiger charge is 2.26. The number of fused-ring (bicyclic) bond motifs is 1. The Balaban J connectivity index is 2.15. The number of pyridine rings is 1. The van der Waals surface area contributed by atoms with E-state index in [0.29, 0.717) is 6.54 Å². The molecule has 0 spiro atoms. The lowest BCUT2D eigenvalue weighted by atomic mass is 9.92. The van der Waals surface area contributed by atoms with E-state index in [1.165, 1.54) is 0 Å². The summed E-state index contributed by atoms with van der Waals surface area (Å²) in [4.78, 5) is 15.9. The molecule has 96 valence electrons. The van der Waals surface area contributed by atoms with Crippen molar-refractivity contribution in [2.45, 2.75) is 13.8 Å². The van der Waals surface area contributed by atoms with E-state index in [2.05, 4.69) is 15.6 Å².